The fourth-order valence-electron chi connectivity index (χ4n) is 2.03. The molecule has 1 rings (SSSR count). The Labute approximate surface area is 121 Å². The Morgan fingerprint density at radius 1 is 1.20 bits per heavy atom. The lowest BCUT2D eigenvalue weighted by molar-refractivity contribution is 0.0593. The van der Waals surface area contributed by atoms with Crippen LogP contribution in [-0.2, 0) is 5.60 Å². The lowest BCUT2D eigenvalue weighted by atomic mass is 9.96. The van der Waals surface area contributed by atoms with Crippen molar-refractivity contribution in [2.45, 2.75) is 39.2 Å². The first kappa shape index (κ1) is 16.5. The summed E-state index contributed by atoms with van der Waals surface area (Å²) in [7, 11) is 0. The van der Waals surface area contributed by atoms with Gasteiger partial charge in [-0.05, 0) is 18.4 Å². The first-order valence-corrected chi connectivity index (χ1v) is 7.29. The predicted molar refractivity (Wildman–Crippen MR) is 81.5 cm³/mol. The molecule has 1 aromatic rings. The van der Waals surface area contributed by atoms with E-state index in [9.17, 15) is 9.90 Å². The highest BCUT2D eigenvalue weighted by Gasteiger charge is 2.23. The van der Waals surface area contributed by atoms with Crippen LogP contribution >= 0.6 is 0 Å². The van der Waals surface area contributed by atoms with E-state index in [-0.39, 0.29) is 12.6 Å². The number of benzene rings is 1. The molecular weight excluding hydrogens is 252 g/mol. The topological polar surface area (TPSA) is 61.4 Å². The minimum absolute atomic E-state index is 0.186. The molecule has 4 heteroatoms. The molecule has 0 spiro atoms. The fraction of sp³-hybridized carbons (Fsp3) is 0.562. The van der Waals surface area contributed by atoms with E-state index in [1.807, 2.05) is 30.3 Å². The van der Waals surface area contributed by atoms with Gasteiger partial charge in [0, 0.05) is 6.54 Å². The molecule has 4 nitrogen and oxygen atoms in total. The maximum atomic E-state index is 11.7. The van der Waals surface area contributed by atoms with Crippen LogP contribution in [0.3, 0.4) is 0 Å². The zero-order chi connectivity index (χ0) is 15.0. The molecule has 0 saturated heterocycles. The quantitative estimate of drug-likeness (QED) is 0.718. The van der Waals surface area contributed by atoms with Gasteiger partial charge in [0.15, 0.2) is 0 Å². The predicted octanol–water partition coefficient (Wildman–Crippen LogP) is 2.63. The van der Waals surface area contributed by atoms with Gasteiger partial charge in [0.05, 0.1) is 6.54 Å². The van der Waals surface area contributed by atoms with Crippen molar-refractivity contribution in [3.8, 4) is 0 Å². The number of hydrogen-bond acceptors (Lipinski definition) is 2. The maximum Gasteiger partial charge on any atom is 0.314 e. The smallest absolute Gasteiger partial charge is 0.314 e. The second-order valence-electron chi connectivity index (χ2n) is 5.39. The van der Waals surface area contributed by atoms with Crippen LogP contribution < -0.4 is 10.6 Å². The summed E-state index contributed by atoms with van der Waals surface area (Å²) in [5, 5.41) is 15.9. The van der Waals surface area contributed by atoms with Crippen LogP contribution in [0.25, 0.3) is 0 Å². The maximum absolute atomic E-state index is 11.7. The standard InChI is InChI=1S/C16H26N2O2/c1-4-13(5-2)11-17-15(19)18-12-16(3,20)14-9-7-6-8-10-14/h6-10,13,20H,4-5,11-12H2,1-3H3,(H2,17,18,19). The van der Waals surface area contributed by atoms with Crippen LogP contribution in [-0.4, -0.2) is 24.2 Å². The Kier molecular flexibility index (Phi) is 6.52. The summed E-state index contributed by atoms with van der Waals surface area (Å²) in [6.07, 6.45) is 2.11. The van der Waals surface area contributed by atoms with Crippen molar-refractivity contribution >= 4 is 6.03 Å². The van der Waals surface area contributed by atoms with E-state index in [0.29, 0.717) is 12.5 Å². The van der Waals surface area contributed by atoms with Gasteiger partial charge in [0.1, 0.15) is 5.60 Å². The lowest BCUT2D eigenvalue weighted by Gasteiger charge is -2.24. The van der Waals surface area contributed by atoms with Gasteiger partial charge in [-0.15, -0.1) is 0 Å². The van der Waals surface area contributed by atoms with Gasteiger partial charge in [-0.1, -0.05) is 57.0 Å². The first-order valence-electron chi connectivity index (χ1n) is 7.29. The monoisotopic (exact) mass is 278 g/mol. The number of carbonyl (C=O) groups is 1. The van der Waals surface area contributed by atoms with Gasteiger partial charge in [0.25, 0.3) is 0 Å². The fourth-order valence-corrected chi connectivity index (χ4v) is 2.03. The minimum atomic E-state index is -1.06. The van der Waals surface area contributed by atoms with E-state index >= 15 is 0 Å². The number of urea groups is 1. The molecule has 1 aromatic carbocycles. The van der Waals surface area contributed by atoms with Crippen molar-refractivity contribution in [3.63, 3.8) is 0 Å². The average Bonchev–Trinajstić information content (AvgIpc) is 2.47. The first-order chi connectivity index (χ1) is 9.49. The summed E-state index contributed by atoms with van der Waals surface area (Å²) in [6, 6.07) is 9.12. The average molecular weight is 278 g/mol. The second kappa shape index (κ2) is 7.90. The Morgan fingerprint density at radius 3 is 2.35 bits per heavy atom. The highest BCUT2D eigenvalue weighted by molar-refractivity contribution is 5.73. The third-order valence-electron chi connectivity index (χ3n) is 3.69. The number of carbonyl (C=O) groups excluding carboxylic acids is 1. The van der Waals surface area contributed by atoms with Gasteiger partial charge in [-0.25, -0.2) is 4.79 Å². The molecule has 1 unspecified atom stereocenters. The molecule has 1 atom stereocenters. The van der Waals surface area contributed by atoms with Gasteiger partial charge >= 0.3 is 6.03 Å². The summed E-state index contributed by atoms with van der Waals surface area (Å²) < 4.78 is 0. The lowest BCUT2D eigenvalue weighted by Crippen LogP contribution is -2.44. The molecule has 0 bridgehead atoms. The molecule has 20 heavy (non-hydrogen) atoms. The SMILES string of the molecule is CCC(CC)CNC(=O)NCC(C)(O)c1ccccc1. The molecule has 2 amide bonds. The van der Waals surface area contributed by atoms with E-state index in [2.05, 4.69) is 24.5 Å². The normalized spacial score (nSPS) is 13.8. The summed E-state index contributed by atoms with van der Waals surface area (Å²) in [6.45, 7) is 6.80. The minimum Gasteiger partial charge on any atom is -0.384 e. The van der Waals surface area contributed by atoms with Gasteiger partial charge < -0.3 is 15.7 Å². The van der Waals surface area contributed by atoms with Gasteiger partial charge in [0.2, 0.25) is 0 Å². The van der Waals surface area contributed by atoms with E-state index in [4.69, 9.17) is 0 Å². The molecule has 0 aliphatic rings. The van der Waals surface area contributed by atoms with E-state index in [1.54, 1.807) is 6.92 Å². The molecule has 0 heterocycles. The van der Waals surface area contributed by atoms with E-state index in [0.717, 1.165) is 18.4 Å². The van der Waals surface area contributed by atoms with Crippen molar-refractivity contribution < 1.29 is 9.90 Å². The van der Waals surface area contributed by atoms with Crippen LogP contribution in [0, 0.1) is 5.92 Å². The molecule has 112 valence electrons. The van der Waals surface area contributed by atoms with Crippen molar-refractivity contribution in [2.24, 2.45) is 5.92 Å². The molecule has 3 N–H and O–H groups in total. The van der Waals surface area contributed by atoms with Crippen molar-refractivity contribution in [1.29, 1.82) is 0 Å². The molecule has 0 saturated carbocycles. The molecule has 0 aromatic heterocycles. The Balaban J connectivity index is 2.40. The number of aliphatic hydroxyl groups is 1. The molecule has 0 fully saturated rings. The van der Waals surface area contributed by atoms with Crippen molar-refractivity contribution in [3.05, 3.63) is 35.9 Å². The Hall–Kier alpha value is -1.55. The summed E-state index contributed by atoms with van der Waals surface area (Å²) >= 11 is 0. The van der Waals surface area contributed by atoms with Crippen LogP contribution in [0.5, 0.6) is 0 Å². The molecule has 0 aliphatic heterocycles. The second-order valence-corrected chi connectivity index (χ2v) is 5.39. The van der Waals surface area contributed by atoms with Crippen LogP contribution in [0.4, 0.5) is 4.79 Å². The Bertz CT molecular complexity index is 400. The summed E-state index contributed by atoms with van der Waals surface area (Å²) in [5.74, 6) is 0.510. The van der Waals surface area contributed by atoms with Crippen LogP contribution in [0.2, 0.25) is 0 Å². The van der Waals surface area contributed by atoms with Gasteiger partial charge in [-0.2, -0.15) is 0 Å². The molecule has 0 radical (unpaired) electrons. The van der Waals surface area contributed by atoms with Crippen molar-refractivity contribution in [1.82, 2.24) is 10.6 Å². The summed E-state index contributed by atoms with van der Waals surface area (Å²) in [4.78, 5) is 11.7. The van der Waals surface area contributed by atoms with E-state index in [1.165, 1.54) is 0 Å². The Morgan fingerprint density at radius 2 is 1.80 bits per heavy atom. The zero-order valence-electron chi connectivity index (χ0n) is 12.6. The van der Waals surface area contributed by atoms with Crippen molar-refractivity contribution in [2.75, 3.05) is 13.1 Å². The largest absolute Gasteiger partial charge is 0.384 e. The molecule has 0 aliphatic carbocycles. The van der Waals surface area contributed by atoms with Crippen LogP contribution in [0.15, 0.2) is 30.3 Å². The van der Waals surface area contributed by atoms with Gasteiger partial charge in [-0.3, -0.25) is 0 Å². The summed E-state index contributed by atoms with van der Waals surface area (Å²) in [5.41, 5.74) is -0.270. The number of nitrogens with one attached hydrogen (secondary N) is 2. The van der Waals surface area contributed by atoms with E-state index < -0.39 is 5.60 Å². The number of rotatable bonds is 7. The third kappa shape index (κ3) is 5.21. The number of hydrogen-bond donors (Lipinski definition) is 3. The third-order valence-corrected chi connectivity index (χ3v) is 3.69. The van der Waals surface area contributed by atoms with Crippen LogP contribution in [0.1, 0.15) is 39.2 Å². The zero-order valence-corrected chi connectivity index (χ0v) is 12.6. The highest BCUT2D eigenvalue weighted by atomic mass is 16.3. The molecular formula is C16H26N2O2. The number of amides is 2. The highest BCUT2D eigenvalue weighted by Crippen LogP contribution is 2.18.